The Morgan fingerprint density at radius 2 is 1.94 bits per heavy atom. The van der Waals surface area contributed by atoms with Crippen molar-refractivity contribution in [1.82, 2.24) is 15.5 Å². The van der Waals surface area contributed by atoms with Crippen molar-refractivity contribution in [3.8, 4) is 0 Å². The molecule has 0 aliphatic heterocycles. The first kappa shape index (κ1) is 14.7. The van der Waals surface area contributed by atoms with Crippen molar-refractivity contribution < 1.29 is 19.8 Å². The smallest absolute Gasteiger partial charge is 0.334 e. The van der Waals surface area contributed by atoms with Crippen molar-refractivity contribution in [2.45, 2.75) is 30.9 Å². The molecule has 2 amide bonds. The van der Waals surface area contributed by atoms with Gasteiger partial charge in [-0.2, -0.15) is 0 Å². The molecule has 0 aromatic rings. The third-order valence-electron chi connectivity index (χ3n) is 3.55. The number of urea groups is 1. The molecule has 1 atom stereocenters. The minimum atomic E-state index is -1.57. The standard InChI is InChI=1S/C11H21N3O4/c1-14(2)11(4-3-5-11)7-13-10(18)12-6-8(15)9(16)17/h8,15H,3-7H2,1-2H3,(H,16,17)(H2,12,13,18). The van der Waals surface area contributed by atoms with E-state index in [9.17, 15) is 9.59 Å². The lowest BCUT2D eigenvalue weighted by Crippen LogP contribution is -2.58. The molecule has 1 saturated carbocycles. The Morgan fingerprint density at radius 1 is 1.33 bits per heavy atom. The van der Waals surface area contributed by atoms with Crippen LogP contribution in [-0.4, -0.2) is 65.9 Å². The van der Waals surface area contributed by atoms with Gasteiger partial charge in [0.2, 0.25) is 0 Å². The van der Waals surface area contributed by atoms with Crippen LogP contribution in [0.5, 0.6) is 0 Å². The van der Waals surface area contributed by atoms with Crippen molar-refractivity contribution in [2.75, 3.05) is 27.2 Å². The molecular weight excluding hydrogens is 238 g/mol. The van der Waals surface area contributed by atoms with Gasteiger partial charge in [-0.1, -0.05) is 0 Å². The molecule has 0 radical (unpaired) electrons. The zero-order chi connectivity index (χ0) is 13.8. The van der Waals surface area contributed by atoms with Crippen molar-refractivity contribution >= 4 is 12.0 Å². The Bertz CT molecular complexity index is 315. The first-order valence-corrected chi connectivity index (χ1v) is 5.97. The number of likely N-dealkylation sites (N-methyl/N-ethyl adjacent to an activating group) is 1. The molecule has 0 aromatic heterocycles. The zero-order valence-corrected chi connectivity index (χ0v) is 10.8. The Labute approximate surface area is 106 Å². The molecule has 1 aliphatic carbocycles. The Morgan fingerprint density at radius 3 is 2.33 bits per heavy atom. The summed E-state index contributed by atoms with van der Waals surface area (Å²) in [6.45, 7) is 0.227. The molecule has 1 fully saturated rings. The molecule has 1 aliphatic rings. The van der Waals surface area contributed by atoms with Crippen LogP contribution < -0.4 is 10.6 Å². The van der Waals surface area contributed by atoms with E-state index in [0.29, 0.717) is 6.54 Å². The van der Waals surface area contributed by atoms with Gasteiger partial charge in [-0.15, -0.1) is 0 Å². The lowest BCUT2D eigenvalue weighted by Gasteiger charge is -2.47. The summed E-state index contributed by atoms with van der Waals surface area (Å²) in [4.78, 5) is 23.9. The number of amides is 2. The second-order valence-corrected chi connectivity index (χ2v) is 4.89. The van der Waals surface area contributed by atoms with Gasteiger partial charge in [0.1, 0.15) is 0 Å². The van der Waals surface area contributed by atoms with Crippen LogP contribution >= 0.6 is 0 Å². The molecule has 18 heavy (non-hydrogen) atoms. The summed E-state index contributed by atoms with van der Waals surface area (Å²) in [6.07, 6.45) is 1.66. The van der Waals surface area contributed by atoms with Crippen LogP contribution in [0.1, 0.15) is 19.3 Å². The molecule has 7 nitrogen and oxygen atoms in total. The second-order valence-electron chi connectivity index (χ2n) is 4.89. The monoisotopic (exact) mass is 259 g/mol. The number of rotatable bonds is 6. The van der Waals surface area contributed by atoms with Crippen molar-refractivity contribution in [3.05, 3.63) is 0 Å². The van der Waals surface area contributed by atoms with Gasteiger partial charge >= 0.3 is 12.0 Å². The van der Waals surface area contributed by atoms with E-state index in [-0.39, 0.29) is 12.1 Å². The molecule has 1 rings (SSSR count). The summed E-state index contributed by atoms with van der Waals surface area (Å²) in [7, 11) is 3.96. The quantitative estimate of drug-likeness (QED) is 0.501. The summed E-state index contributed by atoms with van der Waals surface area (Å²) >= 11 is 0. The molecule has 0 spiro atoms. The number of aliphatic hydroxyl groups excluding tert-OH is 1. The van der Waals surface area contributed by atoms with Gasteiger partial charge in [-0.3, -0.25) is 0 Å². The van der Waals surface area contributed by atoms with E-state index in [1.165, 1.54) is 0 Å². The van der Waals surface area contributed by atoms with Gasteiger partial charge in [0.25, 0.3) is 0 Å². The fourth-order valence-corrected chi connectivity index (χ4v) is 1.95. The van der Waals surface area contributed by atoms with Crippen LogP contribution in [0.4, 0.5) is 4.79 Å². The highest BCUT2D eigenvalue weighted by molar-refractivity contribution is 5.76. The second kappa shape index (κ2) is 6.01. The van der Waals surface area contributed by atoms with Gasteiger partial charge in [0.05, 0.1) is 6.54 Å². The Balaban J connectivity index is 2.27. The van der Waals surface area contributed by atoms with E-state index in [0.717, 1.165) is 19.3 Å². The van der Waals surface area contributed by atoms with E-state index in [1.807, 2.05) is 14.1 Å². The largest absolute Gasteiger partial charge is 0.479 e. The van der Waals surface area contributed by atoms with Crippen molar-refractivity contribution in [3.63, 3.8) is 0 Å². The zero-order valence-electron chi connectivity index (χ0n) is 10.8. The number of carboxylic acids is 1. The number of nitrogens with one attached hydrogen (secondary N) is 2. The van der Waals surface area contributed by atoms with E-state index < -0.39 is 18.1 Å². The highest BCUT2D eigenvalue weighted by atomic mass is 16.4. The maximum Gasteiger partial charge on any atom is 0.334 e. The van der Waals surface area contributed by atoms with Gasteiger partial charge in [-0.25, -0.2) is 9.59 Å². The number of carbonyl (C=O) groups excluding carboxylic acids is 1. The number of nitrogens with zero attached hydrogens (tertiary/aromatic N) is 1. The van der Waals surface area contributed by atoms with Crippen LogP contribution in [0, 0.1) is 0 Å². The predicted octanol–water partition coefficient (Wildman–Crippen LogP) is -0.785. The van der Waals surface area contributed by atoms with Gasteiger partial charge in [0.15, 0.2) is 6.10 Å². The molecule has 0 saturated heterocycles. The van der Waals surface area contributed by atoms with Crippen molar-refractivity contribution in [2.24, 2.45) is 0 Å². The minimum absolute atomic E-state index is 0.0166. The summed E-state index contributed by atoms with van der Waals surface area (Å²) < 4.78 is 0. The van der Waals surface area contributed by atoms with E-state index in [1.54, 1.807) is 0 Å². The molecule has 0 aromatic carbocycles. The Hall–Kier alpha value is -1.34. The molecule has 0 heterocycles. The summed E-state index contributed by atoms with van der Waals surface area (Å²) in [6, 6.07) is -0.455. The number of aliphatic carboxylic acids is 1. The third kappa shape index (κ3) is 3.58. The van der Waals surface area contributed by atoms with Gasteiger partial charge in [0, 0.05) is 12.1 Å². The summed E-state index contributed by atoms with van der Waals surface area (Å²) in [5, 5.41) is 22.5. The van der Waals surface area contributed by atoms with Crippen LogP contribution in [0.25, 0.3) is 0 Å². The van der Waals surface area contributed by atoms with Gasteiger partial charge < -0.3 is 25.7 Å². The van der Waals surface area contributed by atoms with Crippen LogP contribution in [0.2, 0.25) is 0 Å². The SMILES string of the molecule is CN(C)C1(CNC(=O)NCC(O)C(=O)O)CCC1. The van der Waals surface area contributed by atoms with Crippen molar-refractivity contribution in [1.29, 1.82) is 0 Å². The molecule has 0 bridgehead atoms. The average molecular weight is 259 g/mol. The topological polar surface area (TPSA) is 102 Å². The molecule has 4 N–H and O–H groups in total. The number of carbonyl (C=O) groups is 2. The molecule has 1 unspecified atom stereocenters. The summed E-state index contributed by atoms with van der Waals surface area (Å²) in [5.41, 5.74) is 0.0166. The first-order valence-electron chi connectivity index (χ1n) is 5.97. The molecule has 104 valence electrons. The summed E-state index contributed by atoms with van der Waals surface area (Å²) in [5.74, 6) is -1.35. The predicted molar refractivity (Wildman–Crippen MR) is 65.3 cm³/mol. The number of hydrogen-bond acceptors (Lipinski definition) is 4. The van der Waals surface area contributed by atoms with Crippen LogP contribution in [0.15, 0.2) is 0 Å². The van der Waals surface area contributed by atoms with E-state index in [2.05, 4.69) is 15.5 Å². The van der Waals surface area contributed by atoms with Gasteiger partial charge in [-0.05, 0) is 33.4 Å². The van der Waals surface area contributed by atoms with Crippen LogP contribution in [0.3, 0.4) is 0 Å². The first-order chi connectivity index (χ1) is 8.37. The van der Waals surface area contributed by atoms with E-state index in [4.69, 9.17) is 10.2 Å². The lowest BCUT2D eigenvalue weighted by molar-refractivity contribution is -0.146. The molecule has 7 heteroatoms. The van der Waals surface area contributed by atoms with E-state index >= 15 is 0 Å². The van der Waals surface area contributed by atoms with Crippen LogP contribution in [-0.2, 0) is 4.79 Å². The highest BCUT2D eigenvalue weighted by Gasteiger charge is 2.39. The minimum Gasteiger partial charge on any atom is -0.479 e. The third-order valence-corrected chi connectivity index (χ3v) is 3.55. The maximum atomic E-state index is 11.4. The fraction of sp³-hybridized carbons (Fsp3) is 0.818. The number of aliphatic hydroxyl groups is 1. The Kier molecular flexibility index (Phi) is 4.92. The molecular formula is C11H21N3O4. The average Bonchev–Trinajstić information content (AvgIpc) is 2.23. The number of carboxylic acid groups (broad SMARTS) is 1. The maximum absolute atomic E-state index is 11.4. The normalized spacial score (nSPS) is 18.9. The fourth-order valence-electron chi connectivity index (χ4n) is 1.95. The lowest BCUT2D eigenvalue weighted by atomic mass is 9.75. The number of hydrogen-bond donors (Lipinski definition) is 4. The highest BCUT2D eigenvalue weighted by Crippen LogP contribution is 2.35.